The predicted octanol–water partition coefficient (Wildman–Crippen LogP) is 1.48. The van der Waals surface area contributed by atoms with E-state index in [2.05, 4.69) is 10.1 Å². The average Bonchev–Trinajstić information content (AvgIpc) is 3.11. The van der Waals surface area contributed by atoms with Crippen LogP contribution in [0.1, 0.15) is 22.6 Å². The molecule has 0 spiro atoms. The van der Waals surface area contributed by atoms with Crippen LogP contribution in [0.2, 0.25) is 0 Å². The van der Waals surface area contributed by atoms with Crippen LogP contribution in [-0.4, -0.2) is 44.8 Å². The van der Waals surface area contributed by atoms with Gasteiger partial charge in [-0.15, -0.1) is 0 Å². The first-order chi connectivity index (χ1) is 9.63. The Kier molecular flexibility index (Phi) is 3.43. The third kappa shape index (κ3) is 2.53. The molecule has 3 rings (SSSR count). The molecule has 1 aliphatic rings. The molecule has 3 heterocycles. The van der Waals surface area contributed by atoms with Crippen molar-refractivity contribution in [3.05, 3.63) is 29.0 Å². The highest BCUT2D eigenvalue weighted by atomic mass is 32.1. The molecule has 0 saturated carbocycles. The van der Waals surface area contributed by atoms with Crippen molar-refractivity contribution in [3.63, 3.8) is 0 Å². The summed E-state index contributed by atoms with van der Waals surface area (Å²) in [6.45, 7) is 3.19. The monoisotopic (exact) mass is 292 g/mol. The maximum atomic E-state index is 12.4. The van der Waals surface area contributed by atoms with Gasteiger partial charge in [-0.3, -0.25) is 9.48 Å². The Morgan fingerprint density at radius 2 is 2.40 bits per heavy atom. The van der Waals surface area contributed by atoms with Crippen molar-refractivity contribution < 1.29 is 9.53 Å². The lowest BCUT2D eigenvalue weighted by atomic mass is 10.3. The van der Waals surface area contributed by atoms with Gasteiger partial charge in [-0.05, 0) is 13.0 Å². The Labute approximate surface area is 121 Å². The lowest BCUT2D eigenvalue weighted by Crippen LogP contribution is -2.32. The molecule has 1 amide bonds. The summed E-state index contributed by atoms with van der Waals surface area (Å²) < 4.78 is 7.39. The first kappa shape index (κ1) is 13.1. The van der Waals surface area contributed by atoms with E-state index in [0.717, 1.165) is 12.1 Å². The molecule has 0 aliphatic carbocycles. The highest BCUT2D eigenvalue weighted by Crippen LogP contribution is 2.21. The molecule has 7 heteroatoms. The van der Waals surface area contributed by atoms with Crippen molar-refractivity contribution >= 4 is 17.2 Å². The van der Waals surface area contributed by atoms with E-state index < -0.39 is 0 Å². The third-order valence-electron chi connectivity index (χ3n) is 3.33. The zero-order valence-corrected chi connectivity index (χ0v) is 12.3. The fourth-order valence-electron chi connectivity index (χ4n) is 2.39. The number of hydrogen-bond donors (Lipinski definition) is 0. The van der Waals surface area contributed by atoms with Crippen molar-refractivity contribution in [3.8, 4) is 5.19 Å². The summed E-state index contributed by atoms with van der Waals surface area (Å²) in [6, 6.07) is 1.82. The van der Waals surface area contributed by atoms with Crippen LogP contribution >= 0.6 is 11.3 Å². The van der Waals surface area contributed by atoms with E-state index in [1.807, 2.05) is 23.3 Å². The zero-order chi connectivity index (χ0) is 14.1. The SMILES string of the molecule is Cc1cc(C(=O)N2CCC(Oc3nccs3)C2)n(C)n1. The Bertz CT molecular complexity index is 608. The van der Waals surface area contributed by atoms with E-state index >= 15 is 0 Å². The average molecular weight is 292 g/mol. The molecule has 0 aromatic carbocycles. The molecule has 0 N–H and O–H groups in total. The Morgan fingerprint density at radius 3 is 3.05 bits per heavy atom. The van der Waals surface area contributed by atoms with Crippen molar-refractivity contribution in [2.45, 2.75) is 19.4 Å². The van der Waals surface area contributed by atoms with E-state index in [1.54, 1.807) is 17.9 Å². The molecule has 20 heavy (non-hydrogen) atoms. The van der Waals surface area contributed by atoms with Crippen LogP contribution in [0.4, 0.5) is 0 Å². The van der Waals surface area contributed by atoms with Crippen molar-refractivity contribution in [1.82, 2.24) is 19.7 Å². The number of ether oxygens (including phenoxy) is 1. The zero-order valence-electron chi connectivity index (χ0n) is 11.4. The van der Waals surface area contributed by atoms with Gasteiger partial charge in [0.15, 0.2) is 0 Å². The third-order valence-corrected chi connectivity index (χ3v) is 3.99. The summed E-state index contributed by atoms with van der Waals surface area (Å²) in [5.74, 6) is 0.0124. The summed E-state index contributed by atoms with van der Waals surface area (Å²) in [5, 5.41) is 6.76. The second-order valence-electron chi connectivity index (χ2n) is 4.87. The quantitative estimate of drug-likeness (QED) is 0.859. The maximum Gasteiger partial charge on any atom is 0.273 e. The van der Waals surface area contributed by atoms with Gasteiger partial charge in [0.05, 0.1) is 12.2 Å². The predicted molar refractivity (Wildman–Crippen MR) is 75.0 cm³/mol. The van der Waals surface area contributed by atoms with Gasteiger partial charge >= 0.3 is 0 Å². The number of carbonyl (C=O) groups excluding carboxylic acids is 1. The number of aromatic nitrogens is 3. The van der Waals surface area contributed by atoms with Crippen LogP contribution in [0.3, 0.4) is 0 Å². The lowest BCUT2D eigenvalue weighted by Gasteiger charge is -2.16. The molecule has 1 saturated heterocycles. The van der Waals surface area contributed by atoms with Crippen molar-refractivity contribution in [2.24, 2.45) is 7.05 Å². The lowest BCUT2D eigenvalue weighted by molar-refractivity contribution is 0.0761. The molecule has 1 fully saturated rings. The molecule has 6 nitrogen and oxygen atoms in total. The van der Waals surface area contributed by atoms with Crippen LogP contribution in [0.25, 0.3) is 0 Å². The van der Waals surface area contributed by atoms with Gasteiger partial charge in [0.1, 0.15) is 11.8 Å². The second-order valence-corrected chi connectivity index (χ2v) is 5.73. The van der Waals surface area contributed by atoms with Crippen LogP contribution in [0.15, 0.2) is 17.6 Å². The minimum absolute atomic E-state index is 0.0124. The minimum Gasteiger partial charge on any atom is -0.465 e. The number of thiazole rings is 1. The molecule has 1 atom stereocenters. The first-order valence-corrected chi connectivity index (χ1v) is 7.37. The van der Waals surface area contributed by atoms with E-state index in [1.165, 1.54) is 11.3 Å². The molecule has 1 aliphatic heterocycles. The van der Waals surface area contributed by atoms with Crippen molar-refractivity contribution in [2.75, 3.05) is 13.1 Å². The Hall–Kier alpha value is -1.89. The van der Waals surface area contributed by atoms with Gasteiger partial charge in [-0.2, -0.15) is 5.10 Å². The standard InChI is InChI=1S/C13H16N4O2S/c1-9-7-11(16(2)15-9)12(18)17-5-3-10(8-17)19-13-14-4-6-20-13/h4,6-7,10H,3,5,8H2,1-2H3. The fourth-order valence-corrected chi connectivity index (χ4v) is 2.94. The summed E-state index contributed by atoms with van der Waals surface area (Å²) >= 11 is 1.47. The normalized spacial score (nSPS) is 18.5. The number of carbonyl (C=O) groups is 1. The smallest absolute Gasteiger partial charge is 0.273 e. The van der Waals surface area contributed by atoms with Crippen LogP contribution < -0.4 is 4.74 Å². The maximum absolute atomic E-state index is 12.4. The molecule has 0 radical (unpaired) electrons. The summed E-state index contributed by atoms with van der Waals surface area (Å²) in [7, 11) is 1.79. The van der Waals surface area contributed by atoms with E-state index in [4.69, 9.17) is 4.74 Å². The first-order valence-electron chi connectivity index (χ1n) is 6.49. The minimum atomic E-state index is 0.0124. The Balaban J connectivity index is 1.65. The molecule has 1 unspecified atom stereocenters. The number of amides is 1. The van der Waals surface area contributed by atoms with Crippen molar-refractivity contribution in [1.29, 1.82) is 0 Å². The fraction of sp³-hybridized carbons (Fsp3) is 0.462. The van der Waals surface area contributed by atoms with Gasteiger partial charge in [0.25, 0.3) is 11.1 Å². The van der Waals surface area contributed by atoms with Crippen LogP contribution in [0, 0.1) is 6.92 Å². The number of hydrogen-bond acceptors (Lipinski definition) is 5. The van der Waals surface area contributed by atoms with Gasteiger partial charge in [-0.25, -0.2) is 4.98 Å². The summed E-state index contributed by atoms with van der Waals surface area (Å²) in [6.07, 6.45) is 2.58. The van der Waals surface area contributed by atoms with Crippen LogP contribution in [0.5, 0.6) is 5.19 Å². The van der Waals surface area contributed by atoms with E-state index in [0.29, 0.717) is 24.0 Å². The molecular weight excluding hydrogens is 276 g/mol. The number of rotatable bonds is 3. The topological polar surface area (TPSA) is 60.3 Å². The summed E-state index contributed by atoms with van der Waals surface area (Å²) in [4.78, 5) is 18.3. The van der Waals surface area contributed by atoms with Crippen LogP contribution in [-0.2, 0) is 7.05 Å². The van der Waals surface area contributed by atoms with Gasteiger partial charge in [0, 0.05) is 31.6 Å². The number of aryl methyl sites for hydroxylation is 2. The number of likely N-dealkylation sites (tertiary alicyclic amines) is 1. The summed E-state index contributed by atoms with van der Waals surface area (Å²) in [5.41, 5.74) is 1.48. The van der Waals surface area contributed by atoms with E-state index in [9.17, 15) is 4.79 Å². The van der Waals surface area contributed by atoms with E-state index in [-0.39, 0.29) is 12.0 Å². The molecule has 2 aromatic rings. The second kappa shape index (κ2) is 5.24. The molecule has 2 aromatic heterocycles. The highest BCUT2D eigenvalue weighted by molar-refractivity contribution is 7.11. The highest BCUT2D eigenvalue weighted by Gasteiger charge is 2.30. The Morgan fingerprint density at radius 1 is 1.55 bits per heavy atom. The number of nitrogens with zero attached hydrogens (tertiary/aromatic N) is 4. The molecule has 0 bridgehead atoms. The van der Waals surface area contributed by atoms with Gasteiger partial charge < -0.3 is 9.64 Å². The largest absolute Gasteiger partial charge is 0.465 e. The van der Waals surface area contributed by atoms with Gasteiger partial charge in [-0.1, -0.05) is 11.3 Å². The van der Waals surface area contributed by atoms with Gasteiger partial charge in [0.2, 0.25) is 0 Å². The molecular formula is C13H16N4O2S. The molecule has 106 valence electrons.